The number of hydrogen-bond acceptors (Lipinski definition) is 2. The van der Waals surface area contributed by atoms with Gasteiger partial charge in [0.05, 0.1) is 6.20 Å². The van der Waals surface area contributed by atoms with E-state index in [0.29, 0.717) is 6.04 Å². The maximum Gasteiger partial charge on any atom is 0.0540 e. The molecule has 1 N–H and O–H groups in total. The van der Waals surface area contributed by atoms with Crippen LogP contribution in [0.15, 0.2) is 6.20 Å². The summed E-state index contributed by atoms with van der Waals surface area (Å²) in [4.78, 5) is 0. The lowest BCUT2D eigenvalue weighted by molar-refractivity contribution is 0.630. The van der Waals surface area contributed by atoms with Crippen LogP contribution in [-0.2, 0) is 13.5 Å². The molecular formula is C10H19N3. The third-order valence-electron chi connectivity index (χ3n) is 2.48. The van der Waals surface area contributed by atoms with E-state index in [1.54, 1.807) is 0 Å². The molecule has 0 bridgehead atoms. The number of nitrogens with zero attached hydrogens (tertiary/aromatic N) is 2. The highest BCUT2D eigenvalue weighted by atomic mass is 15.3. The van der Waals surface area contributed by atoms with Gasteiger partial charge in [0.1, 0.15) is 0 Å². The minimum atomic E-state index is 0.398. The zero-order valence-corrected chi connectivity index (χ0v) is 8.96. The molecule has 1 atom stereocenters. The summed E-state index contributed by atoms with van der Waals surface area (Å²) in [6, 6.07) is 0.398. The summed E-state index contributed by atoms with van der Waals surface area (Å²) < 4.78 is 1.98. The maximum absolute atomic E-state index is 4.28. The van der Waals surface area contributed by atoms with E-state index in [1.165, 1.54) is 17.7 Å². The van der Waals surface area contributed by atoms with Crippen LogP contribution in [0.3, 0.4) is 0 Å². The first-order valence-corrected chi connectivity index (χ1v) is 4.88. The van der Waals surface area contributed by atoms with Crippen LogP contribution >= 0.6 is 0 Å². The predicted molar refractivity (Wildman–Crippen MR) is 54.7 cm³/mol. The molecule has 1 aromatic rings. The van der Waals surface area contributed by atoms with Gasteiger partial charge in [0.15, 0.2) is 0 Å². The minimum absolute atomic E-state index is 0.398. The molecule has 0 aliphatic carbocycles. The molecule has 0 fully saturated rings. The van der Waals surface area contributed by atoms with Gasteiger partial charge >= 0.3 is 0 Å². The molecule has 0 saturated heterocycles. The molecule has 3 heteroatoms. The largest absolute Gasteiger partial charge is 0.313 e. The Bertz CT molecular complexity index is 265. The van der Waals surface area contributed by atoms with Crippen molar-refractivity contribution in [2.45, 2.75) is 32.7 Å². The lowest BCUT2D eigenvalue weighted by atomic mass is 10.1. The van der Waals surface area contributed by atoms with Crippen molar-refractivity contribution in [2.24, 2.45) is 7.05 Å². The van der Waals surface area contributed by atoms with Crippen LogP contribution < -0.4 is 5.32 Å². The number of aryl methyl sites for hydroxylation is 1. The van der Waals surface area contributed by atoms with Crippen molar-refractivity contribution in [3.63, 3.8) is 0 Å². The Kier molecular flexibility index (Phi) is 3.48. The van der Waals surface area contributed by atoms with Crippen LogP contribution in [0.5, 0.6) is 0 Å². The number of hydrogen-bond donors (Lipinski definition) is 1. The van der Waals surface area contributed by atoms with Gasteiger partial charge in [-0.3, -0.25) is 4.68 Å². The summed E-state index contributed by atoms with van der Waals surface area (Å²) >= 11 is 0. The van der Waals surface area contributed by atoms with E-state index in [1.807, 2.05) is 25.0 Å². The van der Waals surface area contributed by atoms with Crippen molar-refractivity contribution in [2.75, 3.05) is 7.05 Å². The Labute approximate surface area is 80.1 Å². The average Bonchev–Trinajstić information content (AvgIpc) is 2.48. The summed E-state index contributed by atoms with van der Waals surface area (Å²) in [5.74, 6) is 0. The fourth-order valence-electron chi connectivity index (χ4n) is 1.54. The van der Waals surface area contributed by atoms with Crippen molar-refractivity contribution >= 4 is 0 Å². The van der Waals surface area contributed by atoms with Crippen LogP contribution in [0, 0.1) is 0 Å². The summed E-state index contributed by atoms with van der Waals surface area (Å²) in [5, 5.41) is 7.52. The molecule has 0 radical (unpaired) electrons. The van der Waals surface area contributed by atoms with E-state index in [-0.39, 0.29) is 0 Å². The smallest absolute Gasteiger partial charge is 0.0540 e. The quantitative estimate of drug-likeness (QED) is 0.765. The van der Waals surface area contributed by atoms with Crippen LogP contribution in [0.25, 0.3) is 0 Å². The van der Waals surface area contributed by atoms with Crippen molar-refractivity contribution in [1.82, 2.24) is 15.1 Å². The number of aromatic nitrogens is 2. The third-order valence-corrected chi connectivity index (χ3v) is 2.48. The molecule has 0 spiro atoms. The molecule has 1 heterocycles. The van der Waals surface area contributed by atoms with Crippen molar-refractivity contribution in [3.05, 3.63) is 17.5 Å². The van der Waals surface area contributed by atoms with Crippen LogP contribution in [0.2, 0.25) is 0 Å². The lowest BCUT2D eigenvalue weighted by Gasteiger charge is -2.11. The zero-order chi connectivity index (χ0) is 9.84. The molecular weight excluding hydrogens is 162 g/mol. The molecule has 0 aliphatic rings. The second kappa shape index (κ2) is 4.42. The number of rotatable bonds is 4. The second-order valence-corrected chi connectivity index (χ2v) is 3.43. The Hall–Kier alpha value is -0.830. The second-order valence-electron chi connectivity index (χ2n) is 3.43. The average molecular weight is 181 g/mol. The lowest BCUT2D eigenvalue weighted by Crippen LogP contribution is -2.14. The van der Waals surface area contributed by atoms with Gasteiger partial charge in [0, 0.05) is 24.3 Å². The van der Waals surface area contributed by atoms with E-state index < -0.39 is 0 Å². The highest BCUT2D eigenvalue weighted by Gasteiger charge is 2.12. The summed E-state index contributed by atoms with van der Waals surface area (Å²) in [6.45, 7) is 4.36. The molecule has 0 saturated carbocycles. The van der Waals surface area contributed by atoms with E-state index in [0.717, 1.165) is 6.42 Å². The van der Waals surface area contributed by atoms with E-state index in [9.17, 15) is 0 Å². The highest BCUT2D eigenvalue weighted by Crippen LogP contribution is 2.17. The molecule has 1 rings (SSSR count). The minimum Gasteiger partial charge on any atom is -0.313 e. The molecule has 13 heavy (non-hydrogen) atoms. The van der Waals surface area contributed by atoms with Crippen molar-refractivity contribution in [3.8, 4) is 0 Å². The monoisotopic (exact) mass is 181 g/mol. The molecule has 0 amide bonds. The van der Waals surface area contributed by atoms with Gasteiger partial charge in [-0.25, -0.2) is 0 Å². The van der Waals surface area contributed by atoms with Crippen LogP contribution in [-0.4, -0.2) is 16.8 Å². The van der Waals surface area contributed by atoms with Gasteiger partial charge in [0.25, 0.3) is 0 Å². The Morgan fingerprint density at radius 2 is 2.31 bits per heavy atom. The normalized spacial score (nSPS) is 13.2. The van der Waals surface area contributed by atoms with Crippen LogP contribution in [0.1, 0.15) is 37.6 Å². The molecule has 1 aromatic heterocycles. The molecule has 0 aromatic carbocycles. The van der Waals surface area contributed by atoms with Crippen molar-refractivity contribution in [1.29, 1.82) is 0 Å². The first-order valence-electron chi connectivity index (χ1n) is 4.88. The van der Waals surface area contributed by atoms with Gasteiger partial charge < -0.3 is 5.32 Å². The summed E-state index contributed by atoms with van der Waals surface area (Å²) in [5.41, 5.74) is 2.68. The molecule has 1 unspecified atom stereocenters. The highest BCUT2D eigenvalue weighted by molar-refractivity contribution is 5.21. The molecule has 0 aliphatic heterocycles. The van der Waals surface area contributed by atoms with E-state index in [2.05, 4.69) is 24.3 Å². The Balaban J connectivity index is 2.92. The zero-order valence-electron chi connectivity index (χ0n) is 8.96. The topological polar surface area (TPSA) is 29.9 Å². The molecule has 74 valence electrons. The van der Waals surface area contributed by atoms with Crippen LogP contribution in [0.4, 0.5) is 0 Å². The fraction of sp³-hybridized carbons (Fsp3) is 0.700. The van der Waals surface area contributed by atoms with Gasteiger partial charge in [-0.15, -0.1) is 0 Å². The fourth-order valence-corrected chi connectivity index (χ4v) is 1.54. The first-order chi connectivity index (χ1) is 6.20. The molecule has 3 nitrogen and oxygen atoms in total. The summed E-state index contributed by atoms with van der Waals surface area (Å²) in [7, 11) is 3.99. The number of nitrogens with one attached hydrogen (secondary N) is 1. The van der Waals surface area contributed by atoms with Gasteiger partial charge in [-0.1, -0.05) is 13.3 Å². The van der Waals surface area contributed by atoms with Gasteiger partial charge in [-0.2, -0.15) is 5.10 Å². The standard InChI is InChI=1S/C10H19N3/c1-5-6-10-9(8(2)11-3)7-12-13(10)4/h7-8,11H,5-6H2,1-4H3. The van der Waals surface area contributed by atoms with E-state index in [4.69, 9.17) is 0 Å². The van der Waals surface area contributed by atoms with Gasteiger partial charge in [-0.05, 0) is 20.4 Å². The first kappa shape index (κ1) is 10.3. The third kappa shape index (κ3) is 2.10. The maximum atomic E-state index is 4.28. The Morgan fingerprint density at radius 1 is 1.62 bits per heavy atom. The Morgan fingerprint density at radius 3 is 2.85 bits per heavy atom. The summed E-state index contributed by atoms with van der Waals surface area (Å²) in [6.07, 6.45) is 4.24. The van der Waals surface area contributed by atoms with Gasteiger partial charge in [0.2, 0.25) is 0 Å². The predicted octanol–water partition coefficient (Wildman–Crippen LogP) is 1.65. The van der Waals surface area contributed by atoms with Crippen molar-refractivity contribution < 1.29 is 0 Å². The SMILES string of the molecule is CCCc1c(C(C)NC)cnn1C. The van der Waals surface area contributed by atoms with E-state index >= 15 is 0 Å².